The van der Waals surface area contributed by atoms with E-state index in [1.807, 2.05) is 0 Å². The fourth-order valence-electron chi connectivity index (χ4n) is 2.00. The fourth-order valence-corrected chi connectivity index (χ4v) is 2.00. The lowest BCUT2D eigenvalue weighted by Gasteiger charge is -2.18. The van der Waals surface area contributed by atoms with Gasteiger partial charge in [0, 0.05) is 19.5 Å². The van der Waals surface area contributed by atoms with Gasteiger partial charge in [0.1, 0.15) is 6.42 Å². The number of ketones is 1. The van der Waals surface area contributed by atoms with Crippen molar-refractivity contribution in [3.05, 3.63) is 0 Å². The van der Waals surface area contributed by atoms with Gasteiger partial charge in [0.05, 0.1) is 26.7 Å². The zero-order valence-corrected chi connectivity index (χ0v) is 16.2. The molecule has 2 N–H and O–H groups in total. The Balaban J connectivity index is 0.000000540. The number of rotatable bonds is 8. The first-order chi connectivity index (χ1) is 13.3. The summed E-state index contributed by atoms with van der Waals surface area (Å²) in [6.45, 7) is 4.40. The van der Waals surface area contributed by atoms with Crippen molar-refractivity contribution < 1.29 is 43.0 Å². The van der Waals surface area contributed by atoms with E-state index in [0.717, 1.165) is 7.11 Å². The van der Waals surface area contributed by atoms with E-state index in [9.17, 15) is 28.8 Å². The maximum Gasteiger partial charge on any atom is 0.325 e. The van der Waals surface area contributed by atoms with Crippen molar-refractivity contribution in [3.63, 3.8) is 0 Å². The summed E-state index contributed by atoms with van der Waals surface area (Å²) < 4.78 is 13.6. The highest BCUT2D eigenvalue weighted by molar-refractivity contribution is 6.17. The molecule has 1 unspecified atom stereocenters. The zero-order chi connectivity index (χ0) is 21.5. The Kier molecular flexibility index (Phi) is 12.6. The van der Waals surface area contributed by atoms with Crippen molar-refractivity contribution in [1.82, 2.24) is 10.6 Å². The van der Waals surface area contributed by atoms with Gasteiger partial charge in [0.15, 0.2) is 11.7 Å². The van der Waals surface area contributed by atoms with Crippen LogP contribution in [0.15, 0.2) is 0 Å². The average Bonchev–Trinajstić information content (AvgIpc) is 2.62. The molecule has 1 heterocycles. The van der Waals surface area contributed by atoms with E-state index < -0.39 is 29.7 Å². The van der Waals surface area contributed by atoms with Gasteiger partial charge in [-0.2, -0.15) is 0 Å². The van der Waals surface area contributed by atoms with Gasteiger partial charge in [-0.05, 0) is 13.8 Å². The summed E-state index contributed by atoms with van der Waals surface area (Å²) in [5.41, 5.74) is 0. The van der Waals surface area contributed by atoms with Crippen LogP contribution in [-0.4, -0.2) is 68.9 Å². The fraction of sp³-hybridized carbons (Fsp3) is 0.647. The summed E-state index contributed by atoms with van der Waals surface area (Å²) in [5.74, 6) is -4.36. The molecule has 0 radical (unpaired) electrons. The largest absolute Gasteiger partial charge is 0.468 e. The maximum absolute atomic E-state index is 11.1. The number of carbonyl (C=O) groups excluding carboxylic acids is 6. The molecule has 0 aromatic rings. The molecule has 1 rings (SSSR count). The van der Waals surface area contributed by atoms with E-state index in [-0.39, 0.29) is 44.2 Å². The highest BCUT2D eigenvalue weighted by Gasteiger charge is 2.37. The molecular formula is C17H26N2O9. The zero-order valence-electron chi connectivity index (χ0n) is 16.2. The van der Waals surface area contributed by atoms with Crippen LogP contribution in [0.25, 0.3) is 0 Å². The molecule has 1 fully saturated rings. The van der Waals surface area contributed by atoms with Gasteiger partial charge in [0.25, 0.3) is 0 Å². The van der Waals surface area contributed by atoms with Crippen LogP contribution in [0, 0.1) is 5.92 Å². The number of carbonyl (C=O) groups is 6. The van der Waals surface area contributed by atoms with Gasteiger partial charge >= 0.3 is 17.9 Å². The second kappa shape index (κ2) is 14.1. The van der Waals surface area contributed by atoms with Crippen molar-refractivity contribution in [1.29, 1.82) is 0 Å². The van der Waals surface area contributed by atoms with E-state index in [1.165, 1.54) is 0 Å². The number of nitrogens with one attached hydrogen (secondary N) is 2. The van der Waals surface area contributed by atoms with Gasteiger partial charge in [-0.3, -0.25) is 28.8 Å². The van der Waals surface area contributed by atoms with E-state index in [1.54, 1.807) is 13.8 Å². The molecule has 1 aliphatic rings. The summed E-state index contributed by atoms with van der Waals surface area (Å²) >= 11 is 0. The number of esters is 3. The lowest BCUT2D eigenvalue weighted by Crippen LogP contribution is -2.46. The number of ether oxygens (including phenoxy) is 3. The number of hydrogen-bond acceptors (Lipinski definition) is 9. The first-order valence-corrected chi connectivity index (χ1v) is 8.72. The molecule has 0 aromatic carbocycles. The highest BCUT2D eigenvalue weighted by Crippen LogP contribution is 2.08. The molecule has 11 heteroatoms. The molecule has 0 spiro atoms. The Morgan fingerprint density at radius 3 is 2.21 bits per heavy atom. The molecule has 2 amide bonds. The molecule has 1 saturated heterocycles. The Labute approximate surface area is 162 Å². The van der Waals surface area contributed by atoms with Crippen LogP contribution < -0.4 is 10.6 Å². The van der Waals surface area contributed by atoms with E-state index in [2.05, 4.69) is 24.8 Å². The van der Waals surface area contributed by atoms with E-state index in [4.69, 9.17) is 0 Å². The molecule has 158 valence electrons. The summed E-state index contributed by atoms with van der Waals surface area (Å²) in [4.78, 5) is 65.8. The van der Waals surface area contributed by atoms with Gasteiger partial charge in [0.2, 0.25) is 11.8 Å². The third-order valence-corrected chi connectivity index (χ3v) is 3.26. The van der Waals surface area contributed by atoms with Gasteiger partial charge in [-0.15, -0.1) is 0 Å². The van der Waals surface area contributed by atoms with Crippen LogP contribution in [0.2, 0.25) is 0 Å². The van der Waals surface area contributed by atoms with Crippen molar-refractivity contribution >= 4 is 35.5 Å². The van der Waals surface area contributed by atoms with Gasteiger partial charge in [-0.1, -0.05) is 0 Å². The molecule has 0 aromatic heterocycles. The molecule has 11 nitrogen and oxygen atoms in total. The standard InChI is InChI=1S/C10H17NO5.C7H9NO4/c1-3-15-9(13)5-6-11-8(12)7-10(14)16-4-2;1-12-7(11)5-4(9)2-3-8-6(5)10/h3-7H2,1-2H3,(H,11,12);5H,2-3H2,1H3,(H,8,10). The lowest BCUT2D eigenvalue weighted by atomic mass is 9.97. The Morgan fingerprint density at radius 2 is 1.68 bits per heavy atom. The lowest BCUT2D eigenvalue weighted by molar-refractivity contribution is -0.155. The average molecular weight is 402 g/mol. The van der Waals surface area contributed by atoms with Crippen molar-refractivity contribution in [2.45, 2.75) is 33.1 Å². The van der Waals surface area contributed by atoms with E-state index >= 15 is 0 Å². The van der Waals surface area contributed by atoms with Gasteiger partial charge in [-0.25, -0.2) is 0 Å². The number of hydrogen-bond donors (Lipinski definition) is 2. The number of amides is 2. The second-order valence-corrected chi connectivity index (χ2v) is 5.35. The van der Waals surface area contributed by atoms with E-state index in [0.29, 0.717) is 13.2 Å². The second-order valence-electron chi connectivity index (χ2n) is 5.35. The first kappa shape index (κ1) is 25.0. The molecular weight excluding hydrogens is 376 g/mol. The Morgan fingerprint density at radius 1 is 1.07 bits per heavy atom. The van der Waals surface area contributed by atoms with Crippen molar-refractivity contribution in [3.8, 4) is 0 Å². The minimum Gasteiger partial charge on any atom is -0.468 e. The summed E-state index contributed by atoms with van der Waals surface area (Å²) in [5, 5.41) is 4.84. The van der Waals surface area contributed by atoms with Crippen LogP contribution in [0.4, 0.5) is 0 Å². The Bertz CT molecular complexity index is 562. The van der Waals surface area contributed by atoms with Crippen molar-refractivity contribution in [2.24, 2.45) is 5.92 Å². The quantitative estimate of drug-likeness (QED) is 0.292. The maximum atomic E-state index is 11.1. The van der Waals surface area contributed by atoms with Gasteiger partial charge < -0.3 is 24.8 Å². The summed E-state index contributed by atoms with van der Waals surface area (Å²) in [6.07, 6.45) is -0.0232. The molecule has 0 aliphatic carbocycles. The van der Waals surface area contributed by atoms with Crippen LogP contribution >= 0.6 is 0 Å². The minimum absolute atomic E-state index is 0.0996. The molecule has 1 aliphatic heterocycles. The summed E-state index contributed by atoms with van der Waals surface area (Å²) in [7, 11) is 1.15. The van der Waals surface area contributed by atoms with Crippen molar-refractivity contribution in [2.75, 3.05) is 33.4 Å². The SMILES string of the molecule is CCOC(=O)CCNC(=O)CC(=O)OCC.COC(=O)C1C(=O)CCNC1=O. The smallest absolute Gasteiger partial charge is 0.325 e. The molecule has 0 bridgehead atoms. The Hall–Kier alpha value is -2.98. The minimum atomic E-state index is -1.25. The van der Waals surface area contributed by atoms with Crippen LogP contribution in [-0.2, 0) is 43.0 Å². The predicted octanol–water partition coefficient (Wildman–Crippen LogP) is -1.13. The third kappa shape index (κ3) is 10.2. The topological polar surface area (TPSA) is 154 Å². The summed E-state index contributed by atoms with van der Waals surface area (Å²) in [6, 6.07) is 0. The highest BCUT2D eigenvalue weighted by atomic mass is 16.5. The van der Waals surface area contributed by atoms with Crippen LogP contribution in [0.1, 0.15) is 33.1 Å². The molecule has 28 heavy (non-hydrogen) atoms. The monoisotopic (exact) mass is 402 g/mol. The number of Topliss-reactive ketones (excluding diaryl/α,β-unsaturated/α-hetero) is 1. The van der Waals surface area contributed by atoms with Crippen LogP contribution in [0.5, 0.6) is 0 Å². The third-order valence-electron chi connectivity index (χ3n) is 3.26. The molecule has 0 saturated carbocycles. The number of piperidine rings is 1. The predicted molar refractivity (Wildman–Crippen MR) is 93.6 cm³/mol. The van der Waals surface area contributed by atoms with Crippen LogP contribution in [0.3, 0.4) is 0 Å². The first-order valence-electron chi connectivity index (χ1n) is 8.72. The normalized spacial score (nSPS) is 15.3. The number of methoxy groups -OCH3 is 1. The molecule has 1 atom stereocenters.